The third-order valence-corrected chi connectivity index (χ3v) is 4.37. The molecule has 1 atom stereocenters. The first kappa shape index (κ1) is 14.4. The van der Waals surface area contributed by atoms with E-state index in [0.717, 1.165) is 11.7 Å². The van der Waals surface area contributed by atoms with Crippen LogP contribution in [0.3, 0.4) is 0 Å². The highest BCUT2D eigenvalue weighted by molar-refractivity contribution is 8.15. The summed E-state index contributed by atoms with van der Waals surface area (Å²) in [5.41, 5.74) is 4.15. The SMILES string of the molecule is Cc1cccc(C)c1NC1=NCC(CC(C)(C)C)S1. The number of benzene rings is 1. The van der Waals surface area contributed by atoms with Gasteiger partial charge in [-0.15, -0.1) is 0 Å². The molecule has 1 N–H and O–H groups in total. The molecule has 1 heterocycles. The van der Waals surface area contributed by atoms with Crippen molar-refractivity contribution < 1.29 is 0 Å². The number of amidine groups is 1. The van der Waals surface area contributed by atoms with Crippen LogP contribution in [0.25, 0.3) is 0 Å². The summed E-state index contributed by atoms with van der Waals surface area (Å²) in [5.74, 6) is 0. The number of para-hydroxylation sites is 1. The van der Waals surface area contributed by atoms with E-state index in [2.05, 4.69) is 63.1 Å². The second-order valence-electron chi connectivity index (χ2n) is 6.54. The molecule has 0 saturated carbocycles. The fourth-order valence-electron chi connectivity index (χ4n) is 2.39. The van der Waals surface area contributed by atoms with Gasteiger partial charge in [0, 0.05) is 10.9 Å². The molecule has 0 bridgehead atoms. The maximum absolute atomic E-state index is 4.65. The normalized spacial score (nSPS) is 19.4. The fourth-order valence-corrected chi connectivity index (χ4v) is 3.75. The van der Waals surface area contributed by atoms with E-state index in [4.69, 9.17) is 0 Å². The summed E-state index contributed by atoms with van der Waals surface area (Å²) in [6, 6.07) is 6.38. The van der Waals surface area contributed by atoms with E-state index in [9.17, 15) is 0 Å². The topological polar surface area (TPSA) is 24.4 Å². The zero-order valence-electron chi connectivity index (χ0n) is 12.6. The Bertz CT molecular complexity index is 466. The Hall–Kier alpha value is -0.960. The van der Waals surface area contributed by atoms with Gasteiger partial charge in [-0.25, -0.2) is 0 Å². The number of hydrogen-bond acceptors (Lipinski definition) is 3. The average molecular weight is 276 g/mol. The van der Waals surface area contributed by atoms with Crippen LogP contribution in [0.1, 0.15) is 38.3 Å². The number of anilines is 1. The van der Waals surface area contributed by atoms with Crippen molar-refractivity contribution in [3.63, 3.8) is 0 Å². The molecule has 1 aromatic carbocycles. The van der Waals surface area contributed by atoms with Crippen molar-refractivity contribution in [2.45, 2.75) is 46.3 Å². The maximum Gasteiger partial charge on any atom is 0.161 e. The second kappa shape index (κ2) is 5.58. The number of thioether (sulfide) groups is 1. The standard InChI is InChI=1S/C16H24N2S/c1-11-7-6-8-12(2)14(11)18-15-17-10-13(19-15)9-16(3,4)5/h6-8,13H,9-10H2,1-5H3,(H,17,18). The Kier molecular flexibility index (Phi) is 4.24. The summed E-state index contributed by atoms with van der Waals surface area (Å²) >= 11 is 1.89. The van der Waals surface area contributed by atoms with Crippen LogP contribution in [0.15, 0.2) is 23.2 Å². The van der Waals surface area contributed by atoms with E-state index in [1.807, 2.05) is 11.8 Å². The van der Waals surface area contributed by atoms with Gasteiger partial charge in [0.1, 0.15) is 0 Å². The van der Waals surface area contributed by atoms with Gasteiger partial charge < -0.3 is 5.32 Å². The molecule has 0 spiro atoms. The molecule has 2 nitrogen and oxygen atoms in total. The van der Waals surface area contributed by atoms with Gasteiger partial charge in [-0.2, -0.15) is 0 Å². The minimum absolute atomic E-state index is 0.376. The van der Waals surface area contributed by atoms with Crippen molar-refractivity contribution in [1.29, 1.82) is 0 Å². The van der Waals surface area contributed by atoms with Gasteiger partial charge in [0.25, 0.3) is 0 Å². The highest BCUT2D eigenvalue weighted by Crippen LogP contribution is 2.33. The molecule has 0 radical (unpaired) electrons. The van der Waals surface area contributed by atoms with Crippen molar-refractivity contribution in [1.82, 2.24) is 0 Å². The lowest BCUT2D eigenvalue weighted by Gasteiger charge is -2.21. The summed E-state index contributed by atoms with van der Waals surface area (Å²) < 4.78 is 0. The summed E-state index contributed by atoms with van der Waals surface area (Å²) in [4.78, 5) is 4.65. The first-order chi connectivity index (χ1) is 8.85. The molecule has 1 aromatic rings. The first-order valence-corrected chi connectivity index (χ1v) is 7.77. The summed E-state index contributed by atoms with van der Waals surface area (Å²) in [7, 11) is 0. The smallest absolute Gasteiger partial charge is 0.161 e. The van der Waals surface area contributed by atoms with Gasteiger partial charge >= 0.3 is 0 Å². The Morgan fingerprint density at radius 3 is 2.47 bits per heavy atom. The van der Waals surface area contributed by atoms with Crippen LogP contribution in [0.2, 0.25) is 0 Å². The molecular weight excluding hydrogens is 252 g/mol. The first-order valence-electron chi connectivity index (χ1n) is 6.89. The average Bonchev–Trinajstić information content (AvgIpc) is 2.69. The van der Waals surface area contributed by atoms with Crippen LogP contribution in [0, 0.1) is 19.3 Å². The van der Waals surface area contributed by atoms with Crippen molar-refractivity contribution in [3.05, 3.63) is 29.3 Å². The minimum Gasteiger partial charge on any atom is -0.335 e. The summed E-state index contributed by atoms with van der Waals surface area (Å²) in [5, 5.41) is 5.20. The Labute approximate surface area is 121 Å². The summed E-state index contributed by atoms with van der Waals surface area (Å²) in [6.45, 7) is 12.1. The van der Waals surface area contributed by atoms with Crippen molar-refractivity contribution >= 4 is 22.6 Å². The van der Waals surface area contributed by atoms with Crippen molar-refractivity contribution in [2.75, 3.05) is 11.9 Å². The Balaban J connectivity index is 1.99. The quantitative estimate of drug-likeness (QED) is 0.852. The second-order valence-corrected chi connectivity index (χ2v) is 7.83. The number of nitrogens with one attached hydrogen (secondary N) is 1. The monoisotopic (exact) mass is 276 g/mol. The van der Waals surface area contributed by atoms with Crippen LogP contribution in [0.4, 0.5) is 5.69 Å². The predicted molar refractivity (Wildman–Crippen MR) is 87.3 cm³/mol. The fraction of sp³-hybridized carbons (Fsp3) is 0.562. The van der Waals surface area contributed by atoms with E-state index >= 15 is 0 Å². The van der Waals surface area contributed by atoms with Gasteiger partial charge in [0.05, 0.1) is 6.54 Å². The predicted octanol–water partition coefficient (Wildman–Crippen LogP) is 4.62. The molecule has 1 unspecified atom stereocenters. The van der Waals surface area contributed by atoms with Crippen molar-refractivity contribution in [2.24, 2.45) is 10.4 Å². The molecule has 104 valence electrons. The highest BCUT2D eigenvalue weighted by atomic mass is 32.2. The van der Waals surface area contributed by atoms with E-state index in [-0.39, 0.29) is 0 Å². The molecule has 19 heavy (non-hydrogen) atoms. The largest absolute Gasteiger partial charge is 0.335 e. The van der Waals surface area contributed by atoms with Gasteiger partial charge in [-0.1, -0.05) is 50.7 Å². The minimum atomic E-state index is 0.376. The zero-order chi connectivity index (χ0) is 14.0. The maximum atomic E-state index is 4.65. The van der Waals surface area contributed by atoms with Crippen molar-refractivity contribution in [3.8, 4) is 0 Å². The molecule has 1 aliphatic heterocycles. The molecule has 1 aliphatic rings. The van der Waals surface area contributed by atoms with Crippen LogP contribution in [0.5, 0.6) is 0 Å². The Morgan fingerprint density at radius 2 is 1.89 bits per heavy atom. The van der Waals surface area contributed by atoms with Gasteiger partial charge in [0.2, 0.25) is 0 Å². The van der Waals surface area contributed by atoms with Gasteiger partial charge in [-0.05, 0) is 36.8 Å². The molecule has 3 heteroatoms. The van der Waals surface area contributed by atoms with Crippen LogP contribution >= 0.6 is 11.8 Å². The number of aliphatic imine (C=N–C) groups is 1. The molecule has 2 rings (SSSR count). The molecular formula is C16H24N2S. The number of rotatable bonds is 2. The molecule has 0 fully saturated rings. The molecule has 0 aromatic heterocycles. The van der Waals surface area contributed by atoms with Crippen LogP contribution in [-0.2, 0) is 0 Å². The lowest BCUT2D eigenvalue weighted by atomic mass is 9.90. The molecule has 0 amide bonds. The van der Waals surface area contributed by atoms with E-state index in [1.54, 1.807) is 0 Å². The molecule has 0 aliphatic carbocycles. The Morgan fingerprint density at radius 1 is 1.26 bits per heavy atom. The van der Waals surface area contributed by atoms with Gasteiger partial charge in [0.15, 0.2) is 5.17 Å². The van der Waals surface area contributed by atoms with Crippen LogP contribution in [-0.4, -0.2) is 17.0 Å². The zero-order valence-corrected chi connectivity index (χ0v) is 13.4. The third kappa shape index (κ3) is 4.00. The summed E-state index contributed by atoms with van der Waals surface area (Å²) in [6.07, 6.45) is 1.21. The van der Waals surface area contributed by atoms with Gasteiger partial charge in [-0.3, -0.25) is 4.99 Å². The van der Waals surface area contributed by atoms with Crippen LogP contribution < -0.4 is 5.32 Å². The molecule has 0 saturated heterocycles. The van der Waals surface area contributed by atoms with E-state index in [0.29, 0.717) is 10.7 Å². The number of nitrogens with zero attached hydrogens (tertiary/aromatic N) is 1. The lowest BCUT2D eigenvalue weighted by Crippen LogP contribution is -2.16. The lowest BCUT2D eigenvalue weighted by molar-refractivity contribution is 0.375. The number of hydrogen-bond donors (Lipinski definition) is 1. The van der Waals surface area contributed by atoms with E-state index in [1.165, 1.54) is 23.2 Å². The van der Waals surface area contributed by atoms with E-state index < -0.39 is 0 Å². The highest BCUT2D eigenvalue weighted by Gasteiger charge is 2.25. The number of aryl methyl sites for hydroxylation is 2. The third-order valence-electron chi connectivity index (χ3n) is 3.27.